The van der Waals surface area contributed by atoms with E-state index in [9.17, 15) is 14.7 Å². The Labute approximate surface area is 293 Å². The Hall–Kier alpha value is -5.86. The van der Waals surface area contributed by atoms with Gasteiger partial charge in [-0.15, -0.1) is 0 Å². The van der Waals surface area contributed by atoms with Gasteiger partial charge < -0.3 is 14.9 Å². The summed E-state index contributed by atoms with van der Waals surface area (Å²) in [7, 11) is 1.40. The van der Waals surface area contributed by atoms with Crippen LogP contribution in [0, 0.1) is 5.82 Å². The number of nitrogens with zero attached hydrogens (tertiary/aromatic N) is 6. The van der Waals surface area contributed by atoms with Crippen LogP contribution >= 0.6 is 0 Å². The van der Waals surface area contributed by atoms with Gasteiger partial charge in [0.1, 0.15) is 0 Å². The number of anilines is 1. The number of rotatable bonds is 14. The van der Waals surface area contributed by atoms with E-state index >= 15 is 4.39 Å². The molecule has 0 saturated carbocycles. The third-order valence-electron chi connectivity index (χ3n) is 6.80. The van der Waals surface area contributed by atoms with Gasteiger partial charge in [-0.25, -0.2) is 4.79 Å². The SMILES string of the molecule is COc1cc(OCCO)c(F)c([C@@H](Nc2ccc(C([AsH2])=NC(=O)c3ccccc3)cc2)c2nc(OC(C)OC(=O)O)n(-c3ncccn3)n2)c1. The number of aromatic nitrogens is 5. The molecule has 0 aliphatic heterocycles. The molecule has 50 heavy (non-hydrogen) atoms. The van der Waals surface area contributed by atoms with E-state index in [1.54, 1.807) is 54.6 Å². The first-order valence-corrected chi connectivity index (χ1v) is 16.1. The Morgan fingerprint density at radius 1 is 1.04 bits per heavy atom. The fourth-order valence-corrected chi connectivity index (χ4v) is 5.19. The minimum absolute atomic E-state index is 0.0107. The number of carbonyl (C=O) groups excluding carboxylic acids is 1. The molecular formula is C33H31AsFN7O8. The normalized spacial score (nSPS) is 12.5. The van der Waals surface area contributed by atoms with Crippen LogP contribution in [0.5, 0.6) is 17.5 Å². The van der Waals surface area contributed by atoms with Crippen LogP contribution in [0.4, 0.5) is 14.9 Å². The zero-order chi connectivity index (χ0) is 35.6. The van der Waals surface area contributed by atoms with Crippen molar-refractivity contribution in [1.29, 1.82) is 0 Å². The fraction of sp³-hybridized carbons (Fsp3) is 0.182. The van der Waals surface area contributed by atoms with Crippen molar-refractivity contribution in [1.82, 2.24) is 24.7 Å². The second kappa shape index (κ2) is 16.5. The zero-order valence-electron chi connectivity index (χ0n) is 26.6. The number of amides is 1. The number of aliphatic hydroxyl groups excluding tert-OH is 1. The predicted octanol–water partition coefficient (Wildman–Crippen LogP) is 3.42. The van der Waals surface area contributed by atoms with E-state index in [0.717, 1.165) is 21.5 Å². The van der Waals surface area contributed by atoms with E-state index in [1.807, 2.05) is 6.07 Å². The summed E-state index contributed by atoms with van der Waals surface area (Å²) >= 11 is 1.16. The van der Waals surface area contributed by atoms with Crippen LogP contribution in [0.25, 0.3) is 5.95 Å². The van der Waals surface area contributed by atoms with Crippen molar-refractivity contribution < 1.29 is 43.1 Å². The molecule has 0 aliphatic rings. The minimum atomic E-state index is -1.58. The number of methoxy groups -OCH3 is 1. The number of hydrogen-bond donors (Lipinski definition) is 3. The van der Waals surface area contributed by atoms with E-state index in [-0.39, 0.29) is 54.0 Å². The van der Waals surface area contributed by atoms with Crippen LogP contribution < -0.4 is 19.5 Å². The van der Waals surface area contributed by atoms with Gasteiger partial charge in [0, 0.05) is 19.3 Å². The fourth-order valence-electron chi connectivity index (χ4n) is 4.54. The Morgan fingerprint density at radius 3 is 2.42 bits per heavy atom. The molecule has 2 aromatic heterocycles. The summed E-state index contributed by atoms with van der Waals surface area (Å²) in [6.45, 7) is 0.791. The summed E-state index contributed by atoms with van der Waals surface area (Å²) in [6, 6.07) is 18.6. The molecule has 1 amide bonds. The first kappa shape index (κ1) is 35.4. The maximum absolute atomic E-state index is 16.2. The van der Waals surface area contributed by atoms with Gasteiger partial charge in [0.15, 0.2) is 0 Å². The van der Waals surface area contributed by atoms with Crippen molar-refractivity contribution >= 4 is 39.1 Å². The van der Waals surface area contributed by atoms with Gasteiger partial charge in [0.2, 0.25) is 0 Å². The third-order valence-corrected chi connectivity index (χ3v) is 7.77. The topological polar surface area (TPSA) is 192 Å². The molecule has 2 heterocycles. The van der Waals surface area contributed by atoms with Gasteiger partial charge in [0.25, 0.3) is 0 Å². The Morgan fingerprint density at radius 2 is 1.76 bits per heavy atom. The van der Waals surface area contributed by atoms with Crippen LogP contribution in [-0.2, 0) is 4.74 Å². The van der Waals surface area contributed by atoms with Gasteiger partial charge >= 0.3 is 242 Å². The molecule has 2 unspecified atom stereocenters. The molecule has 0 aliphatic carbocycles. The average molecular weight is 748 g/mol. The van der Waals surface area contributed by atoms with E-state index in [0.29, 0.717) is 21.3 Å². The number of hydrogen-bond acceptors (Lipinski definition) is 12. The van der Waals surface area contributed by atoms with Crippen molar-refractivity contribution in [3.8, 4) is 23.5 Å². The Balaban J connectivity index is 1.57. The Kier molecular flexibility index (Phi) is 11.7. The van der Waals surface area contributed by atoms with Gasteiger partial charge in [0.05, 0.1) is 6.61 Å². The van der Waals surface area contributed by atoms with E-state index in [4.69, 9.17) is 24.1 Å². The van der Waals surface area contributed by atoms with Crippen molar-refractivity contribution in [3.63, 3.8) is 0 Å². The summed E-state index contributed by atoms with van der Waals surface area (Å²) in [5, 5.41) is 26.2. The number of nitrogens with one attached hydrogen (secondary N) is 1. The number of benzene rings is 3. The van der Waals surface area contributed by atoms with Gasteiger partial charge in [-0.2, -0.15) is 0 Å². The first-order chi connectivity index (χ1) is 24.2. The third kappa shape index (κ3) is 8.78. The average Bonchev–Trinajstić information content (AvgIpc) is 3.54. The molecule has 0 fully saturated rings. The van der Waals surface area contributed by atoms with Gasteiger partial charge in [-0.1, -0.05) is 0 Å². The van der Waals surface area contributed by atoms with Crippen LogP contribution in [0.3, 0.4) is 0 Å². The van der Waals surface area contributed by atoms with Crippen molar-refractivity contribution in [3.05, 3.63) is 114 Å². The predicted molar refractivity (Wildman–Crippen MR) is 179 cm³/mol. The van der Waals surface area contributed by atoms with E-state index in [2.05, 4.69) is 30.4 Å². The van der Waals surface area contributed by atoms with Gasteiger partial charge in [-0.3, -0.25) is 0 Å². The van der Waals surface area contributed by atoms with Crippen molar-refractivity contribution in [2.45, 2.75) is 19.3 Å². The summed E-state index contributed by atoms with van der Waals surface area (Å²) < 4.78 is 39.1. The molecule has 17 heteroatoms. The van der Waals surface area contributed by atoms with Crippen LogP contribution in [-0.4, -0.2) is 95.0 Å². The standard InChI is InChI=1S/C33H31AsFN7O8/c1-19(50-33(45)46)49-32-40-29(41-42(32)31-36-13-6-14-37-31)27(24-17-23(47-2)18-25(26(24)35)48-16-15-43)38-22-11-9-20(10-12-22)28(34)39-30(44)21-7-4-3-5-8-21/h3-14,17-19,27,38,43H,15-16,34H2,1-2H3,(H,45,46)/t19?,27-/m1/s1. The first-order valence-electron chi connectivity index (χ1n) is 14.9. The number of aliphatic hydroxyl groups is 1. The van der Waals surface area contributed by atoms with E-state index in [1.165, 1.54) is 38.6 Å². The Bertz CT molecular complexity index is 1960. The summed E-state index contributed by atoms with van der Waals surface area (Å²) in [5.74, 6) is -1.15. The number of aliphatic imine (C=N–C) groups is 1. The molecule has 0 bridgehead atoms. The number of carboxylic acid groups (broad SMARTS) is 1. The molecular weight excluding hydrogens is 716 g/mol. The second-order valence-electron chi connectivity index (χ2n) is 10.2. The van der Waals surface area contributed by atoms with Crippen molar-refractivity contribution in [2.75, 3.05) is 25.6 Å². The molecule has 5 rings (SSSR count). The molecule has 3 atom stereocenters. The monoisotopic (exact) mass is 747 g/mol. The number of carbonyl (C=O) groups is 2. The number of halogens is 1. The molecule has 258 valence electrons. The van der Waals surface area contributed by atoms with Gasteiger partial charge in [-0.05, 0) is 6.07 Å². The molecule has 0 spiro atoms. The van der Waals surface area contributed by atoms with Crippen LogP contribution in [0.2, 0.25) is 0 Å². The molecule has 0 saturated heterocycles. The summed E-state index contributed by atoms with van der Waals surface area (Å²) in [4.78, 5) is 40.9. The molecule has 5 aromatic rings. The maximum atomic E-state index is 16.2. The van der Waals surface area contributed by atoms with Crippen molar-refractivity contribution in [2.24, 2.45) is 4.99 Å². The van der Waals surface area contributed by atoms with Crippen LogP contribution in [0.15, 0.2) is 90.2 Å². The number of ether oxygens (including phenoxy) is 4. The molecule has 3 N–H and O–H groups in total. The second-order valence-corrected chi connectivity index (χ2v) is 11.4. The van der Waals surface area contributed by atoms with Crippen LogP contribution in [0.1, 0.15) is 40.3 Å². The zero-order valence-corrected chi connectivity index (χ0v) is 29.1. The summed E-state index contributed by atoms with van der Waals surface area (Å²) in [5.41, 5.74) is 1.64. The quantitative estimate of drug-likeness (QED) is 0.0649. The van der Waals surface area contributed by atoms with E-state index < -0.39 is 24.3 Å². The summed E-state index contributed by atoms with van der Waals surface area (Å²) in [6.07, 6.45) is 0.00357. The molecule has 0 radical (unpaired) electrons. The molecule has 3 aromatic carbocycles. The molecule has 15 nitrogen and oxygen atoms in total.